The first kappa shape index (κ1) is 11.7. The summed E-state index contributed by atoms with van der Waals surface area (Å²) in [6.45, 7) is 0. The highest BCUT2D eigenvalue weighted by atomic mass is 16.2. The molecule has 0 bridgehead atoms. The summed E-state index contributed by atoms with van der Waals surface area (Å²) in [6.07, 6.45) is 5.48. The number of carbonyl (C=O) groups excluding carboxylic acids is 1. The Morgan fingerprint density at radius 3 is 2.79 bits per heavy atom. The first-order valence-corrected chi connectivity index (χ1v) is 6.05. The number of amides is 1. The molecule has 0 unspecified atom stereocenters. The van der Waals surface area contributed by atoms with Gasteiger partial charge in [-0.25, -0.2) is 9.78 Å². The second kappa shape index (κ2) is 4.08. The second-order valence-electron chi connectivity index (χ2n) is 4.76. The normalized spacial score (nSPS) is 16.9. The van der Waals surface area contributed by atoms with Crippen LogP contribution in [0.4, 0.5) is 0 Å². The molecule has 1 amide bonds. The van der Waals surface area contributed by atoms with E-state index in [4.69, 9.17) is 0 Å². The van der Waals surface area contributed by atoms with Gasteiger partial charge in [-0.1, -0.05) is 0 Å². The van der Waals surface area contributed by atoms with Crippen LogP contribution in [0.15, 0.2) is 17.3 Å². The largest absolute Gasteiger partial charge is 0.338 e. The predicted octanol–water partition coefficient (Wildman–Crippen LogP) is -0.359. The van der Waals surface area contributed by atoms with E-state index in [0.29, 0.717) is 11.5 Å². The zero-order chi connectivity index (χ0) is 13.5. The van der Waals surface area contributed by atoms with Crippen LogP contribution in [-0.2, 0) is 12.6 Å². The predicted molar refractivity (Wildman–Crippen MR) is 65.4 cm³/mol. The molecule has 0 saturated heterocycles. The van der Waals surface area contributed by atoms with Crippen molar-refractivity contribution in [3.8, 4) is 0 Å². The van der Waals surface area contributed by atoms with Gasteiger partial charge in [0.2, 0.25) is 0 Å². The van der Waals surface area contributed by atoms with E-state index >= 15 is 0 Å². The molecule has 3 rings (SSSR count). The lowest BCUT2D eigenvalue weighted by Crippen LogP contribution is -2.52. The molecule has 1 aliphatic carbocycles. The van der Waals surface area contributed by atoms with E-state index in [-0.39, 0.29) is 11.6 Å². The van der Waals surface area contributed by atoms with Crippen LogP contribution >= 0.6 is 0 Å². The third-order valence-corrected chi connectivity index (χ3v) is 3.66. The lowest BCUT2D eigenvalue weighted by molar-refractivity contribution is 0.0801. The number of aromatic amines is 2. The Hall–Kier alpha value is -2.38. The Morgan fingerprint density at radius 1 is 1.53 bits per heavy atom. The molecule has 0 spiro atoms. The fourth-order valence-electron chi connectivity index (χ4n) is 2.32. The smallest absolute Gasteiger partial charge is 0.325 e. The molecule has 1 aliphatic rings. The highest BCUT2D eigenvalue weighted by molar-refractivity contribution is 5.93. The maximum atomic E-state index is 12.2. The van der Waals surface area contributed by atoms with Crippen LogP contribution in [0.3, 0.4) is 0 Å². The molecule has 19 heavy (non-hydrogen) atoms. The van der Waals surface area contributed by atoms with Crippen LogP contribution in [0, 0.1) is 0 Å². The summed E-state index contributed by atoms with van der Waals surface area (Å²) >= 11 is 0. The van der Waals surface area contributed by atoms with Crippen molar-refractivity contribution in [2.75, 3.05) is 0 Å². The van der Waals surface area contributed by atoms with Crippen LogP contribution in [0.1, 0.15) is 35.6 Å². The Kier molecular flexibility index (Phi) is 2.51. The zero-order valence-electron chi connectivity index (χ0n) is 10.4. The minimum atomic E-state index is -0.485. The van der Waals surface area contributed by atoms with Gasteiger partial charge in [-0.3, -0.25) is 14.5 Å². The van der Waals surface area contributed by atoms with Gasteiger partial charge in [-0.15, -0.1) is 0 Å². The average molecular weight is 262 g/mol. The van der Waals surface area contributed by atoms with Crippen LogP contribution in [0.25, 0.3) is 0 Å². The van der Waals surface area contributed by atoms with Crippen LogP contribution in [-0.4, -0.2) is 30.6 Å². The Balaban J connectivity index is 1.86. The Labute approximate surface area is 108 Å². The minimum absolute atomic E-state index is 0.294. The van der Waals surface area contributed by atoms with E-state index < -0.39 is 5.54 Å². The third-order valence-electron chi connectivity index (χ3n) is 3.66. The van der Waals surface area contributed by atoms with Crippen molar-refractivity contribution in [2.24, 2.45) is 7.05 Å². The summed E-state index contributed by atoms with van der Waals surface area (Å²) in [5.41, 5.74) is -0.496. The van der Waals surface area contributed by atoms with Gasteiger partial charge in [0.05, 0.1) is 5.54 Å². The van der Waals surface area contributed by atoms with Gasteiger partial charge in [0, 0.05) is 13.2 Å². The monoisotopic (exact) mass is 262 g/mol. The van der Waals surface area contributed by atoms with Crippen LogP contribution < -0.4 is 11.0 Å². The lowest BCUT2D eigenvalue weighted by atomic mass is 9.76. The zero-order valence-corrected chi connectivity index (χ0v) is 10.4. The Bertz CT molecular complexity index is 649. The molecule has 2 heterocycles. The van der Waals surface area contributed by atoms with Crippen LogP contribution in [0.5, 0.6) is 0 Å². The average Bonchev–Trinajstić information content (AvgIpc) is 2.96. The molecule has 2 aromatic rings. The molecule has 0 aliphatic heterocycles. The Morgan fingerprint density at radius 2 is 2.32 bits per heavy atom. The molecule has 8 nitrogen and oxygen atoms in total. The summed E-state index contributed by atoms with van der Waals surface area (Å²) in [5.74, 6) is 0.365. The van der Waals surface area contributed by atoms with Crippen molar-refractivity contribution in [3.63, 3.8) is 0 Å². The maximum Gasteiger partial charge on any atom is 0.325 e. The number of nitrogens with one attached hydrogen (secondary N) is 3. The summed E-state index contributed by atoms with van der Waals surface area (Å²) in [5, 5.41) is 9.58. The van der Waals surface area contributed by atoms with Gasteiger partial charge in [0.25, 0.3) is 5.91 Å². The fraction of sp³-hybridized carbons (Fsp3) is 0.455. The van der Waals surface area contributed by atoms with E-state index in [0.717, 1.165) is 19.3 Å². The topological polar surface area (TPSA) is 108 Å². The molecular formula is C11H14N6O2. The lowest BCUT2D eigenvalue weighted by Gasteiger charge is -2.40. The molecule has 3 N–H and O–H groups in total. The van der Waals surface area contributed by atoms with Crippen molar-refractivity contribution >= 4 is 5.91 Å². The number of hydrogen-bond acceptors (Lipinski definition) is 4. The second-order valence-corrected chi connectivity index (χ2v) is 4.76. The quantitative estimate of drug-likeness (QED) is 0.701. The molecule has 0 aromatic carbocycles. The molecule has 0 radical (unpaired) electrons. The van der Waals surface area contributed by atoms with Crippen molar-refractivity contribution in [1.82, 2.24) is 30.0 Å². The summed E-state index contributed by atoms with van der Waals surface area (Å²) in [4.78, 5) is 30.2. The van der Waals surface area contributed by atoms with Gasteiger partial charge in [-0.05, 0) is 19.3 Å². The summed E-state index contributed by atoms with van der Waals surface area (Å²) in [7, 11) is 1.55. The molecule has 1 fully saturated rings. The van der Waals surface area contributed by atoms with E-state index in [2.05, 4.69) is 25.5 Å². The highest BCUT2D eigenvalue weighted by Gasteiger charge is 2.43. The molecule has 2 aromatic heterocycles. The molecular weight excluding hydrogens is 248 g/mol. The van der Waals surface area contributed by atoms with Gasteiger partial charge in [0.15, 0.2) is 0 Å². The number of imidazole rings is 1. The number of rotatable bonds is 3. The number of H-pyrrole nitrogens is 2. The van der Waals surface area contributed by atoms with Gasteiger partial charge in [0.1, 0.15) is 17.8 Å². The van der Waals surface area contributed by atoms with Crippen molar-refractivity contribution in [2.45, 2.75) is 24.8 Å². The van der Waals surface area contributed by atoms with Gasteiger partial charge in [-0.2, -0.15) is 5.10 Å². The fourth-order valence-corrected chi connectivity index (χ4v) is 2.32. The highest BCUT2D eigenvalue weighted by Crippen LogP contribution is 2.39. The van der Waals surface area contributed by atoms with E-state index in [1.54, 1.807) is 7.05 Å². The number of aromatic nitrogens is 5. The van der Waals surface area contributed by atoms with E-state index in [1.165, 1.54) is 17.1 Å². The first-order chi connectivity index (χ1) is 9.12. The number of hydrogen-bond donors (Lipinski definition) is 3. The molecule has 8 heteroatoms. The minimum Gasteiger partial charge on any atom is -0.338 e. The standard InChI is InChI=1S/C11H14N6O2/c1-17-7(5-12-10(17)19)8(18)15-11(3-2-4-11)9-13-6-14-16-9/h5-6H,2-4H2,1H3,(H,12,19)(H,15,18)(H,13,14,16). The SMILES string of the molecule is Cn1c(C(=O)NC2(c3ncn[nH]3)CCC2)c[nH]c1=O. The summed E-state index contributed by atoms with van der Waals surface area (Å²) in [6, 6.07) is 0. The van der Waals surface area contributed by atoms with Gasteiger partial charge >= 0.3 is 5.69 Å². The molecule has 1 saturated carbocycles. The van der Waals surface area contributed by atoms with Gasteiger partial charge < -0.3 is 10.3 Å². The number of carbonyl (C=O) groups is 1. The number of nitrogens with zero attached hydrogens (tertiary/aromatic N) is 3. The van der Waals surface area contributed by atoms with Crippen molar-refractivity contribution in [3.05, 3.63) is 34.5 Å². The van der Waals surface area contributed by atoms with Crippen molar-refractivity contribution < 1.29 is 4.79 Å². The summed E-state index contributed by atoms with van der Waals surface area (Å²) < 4.78 is 1.28. The van der Waals surface area contributed by atoms with E-state index in [1.807, 2.05) is 0 Å². The third kappa shape index (κ3) is 1.76. The molecule has 100 valence electrons. The van der Waals surface area contributed by atoms with E-state index in [9.17, 15) is 9.59 Å². The molecule has 0 atom stereocenters. The van der Waals surface area contributed by atoms with Crippen molar-refractivity contribution in [1.29, 1.82) is 0 Å². The van der Waals surface area contributed by atoms with Crippen LogP contribution in [0.2, 0.25) is 0 Å². The first-order valence-electron chi connectivity index (χ1n) is 6.05. The maximum absolute atomic E-state index is 12.2.